The van der Waals surface area contributed by atoms with Crippen LogP contribution < -0.4 is 15.5 Å². The third-order valence-corrected chi connectivity index (χ3v) is 2.84. The molecule has 1 aliphatic heterocycles. The first-order chi connectivity index (χ1) is 11.2. The summed E-state index contributed by atoms with van der Waals surface area (Å²) in [6.45, 7) is 17.4. The third-order valence-electron chi connectivity index (χ3n) is 2.84. The van der Waals surface area contributed by atoms with Crippen LogP contribution in [0.2, 0.25) is 0 Å². The number of anilines is 1. The molecule has 2 N–H and O–H groups in total. The van der Waals surface area contributed by atoms with Gasteiger partial charge in [-0.3, -0.25) is 4.79 Å². The van der Waals surface area contributed by atoms with Crippen molar-refractivity contribution >= 4 is 11.6 Å². The van der Waals surface area contributed by atoms with Crippen LogP contribution >= 0.6 is 0 Å². The van der Waals surface area contributed by atoms with E-state index >= 15 is 0 Å². The molecule has 1 heterocycles. The lowest BCUT2D eigenvalue weighted by atomic mass is 10.1. The zero-order valence-corrected chi connectivity index (χ0v) is 15.8. The quantitative estimate of drug-likeness (QED) is 0.816. The summed E-state index contributed by atoms with van der Waals surface area (Å²) in [7, 11) is 1.65. The molecule has 0 bridgehead atoms. The van der Waals surface area contributed by atoms with Gasteiger partial charge >= 0.3 is 0 Å². The average molecular weight is 322 g/mol. The lowest BCUT2D eigenvalue weighted by molar-refractivity contribution is 0.0963. The number of nitrogens with one attached hydrogen (secondary N) is 2. The van der Waals surface area contributed by atoms with Gasteiger partial charge in [-0.25, -0.2) is 0 Å². The summed E-state index contributed by atoms with van der Waals surface area (Å²) in [4.78, 5) is 13.7. The number of amides is 1. The van der Waals surface area contributed by atoms with Crippen LogP contribution in [0.4, 0.5) is 5.69 Å². The fourth-order valence-corrected chi connectivity index (χ4v) is 1.89. The number of rotatable bonds is 2. The van der Waals surface area contributed by atoms with Crippen LogP contribution in [0.1, 0.15) is 45.0 Å². The van der Waals surface area contributed by atoms with Gasteiger partial charge in [0.15, 0.2) is 0 Å². The molecule has 4 nitrogen and oxygen atoms in total. The third kappa shape index (κ3) is 9.74. The second-order valence-electron chi connectivity index (χ2n) is 4.27. The number of piperazine rings is 1. The molecule has 0 atom stereocenters. The van der Waals surface area contributed by atoms with Crippen molar-refractivity contribution in [2.45, 2.75) is 34.6 Å². The van der Waals surface area contributed by atoms with Crippen molar-refractivity contribution in [2.24, 2.45) is 0 Å². The lowest BCUT2D eigenvalue weighted by Crippen LogP contribution is -2.43. The number of nitrogens with zero attached hydrogens (tertiary/aromatic N) is 1. The van der Waals surface area contributed by atoms with E-state index in [-0.39, 0.29) is 5.91 Å². The molecule has 2 rings (SSSR count). The molecule has 0 unspecified atom stereocenters. The summed E-state index contributed by atoms with van der Waals surface area (Å²) >= 11 is 0. The summed E-state index contributed by atoms with van der Waals surface area (Å²) < 4.78 is 0. The molecule has 1 aliphatic rings. The highest BCUT2D eigenvalue weighted by Gasteiger charge is 2.10. The van der Waals surface area contributed by atoms with Crippen molar-refractivity contribution in [1.82, 2.24) is 10.6 Å². The molecule has 23 heavy (non-hydrogen) atoms. The van der Waals surface area contributed by atoms with Gasteiger partial charge in [0.05, 0.1) is 0 Å². The fourth-order valence-electron chi connectivity index (χ4n) is 1.89. The molecule has 132 valence electrons. The highest BCUT2D eigenvalue weighted by molar-refractivity contribution is 5.94. The summed E-state index contributed by atoms with van der Waals surface area (Å²) in [5, 5.41) is 5.94. The van der Waals surface area contributed by atoms with Crippen LogP contribution in [0, 0.1) is 0 Å². The minimum absolute atomic E-state index is 0.0353. The van der Waals surface area contributed by atoms with Gasteiger partial charge in [0.1, 0.15) is 0 Å². The van der Waals surface area contributed by atoms with Gasteiger partial charge in [0.25, 0.3) is 5.91 Å². The topological polar surface area (TPSA) is 44.4 Å². The van der Waals surface area contributed by atoms with Crippen LogP contribution in [0.15, 0.2) is 36.9 Å². The highest BCUT2D eigenvalue weighted by atomic mass is 16.1. The normalized spacial score (nSPS) is 12.2. The number of benzene rings is 1. The van der Waals surface area contributed by atoms with Crippen LogP contribution in [0.5, 0.6) is 0 Å². The summed E-state index contributed by atoms with van der Waals surface area (Å²) in [6.07, 6.45) is 1.75. The van der Waals surface area contributed by atoms with Gasteiger partial charge < -0.3 is 15.5 Å². The first kappa shape index (κ1) is 23.5. The van der Waals surface area contributed by atoms with Gasteiger partial charge in [-0.15, -0.1) is 6.58 Å². The smallest absolute Gasteiger partial charge is 0.251 e. The maximum absolute atomic E-state index is 11.4. The minimum atomic E-state index is -0.0353. The monoisotopic (exact) mass is 321 g/mol. The molecule has 1 aromatic carbocycles. The second kappa shape index (κ2) is 16.6. The van der Waals surface area contributed by atoms with E-state index in [1.54, 1.807) is 13.1 Å². The largest absolute Gasteiger partial charge is 0.369 e. The Labute approximate surface area is 143 Å². The highest BCUT2D eigenvalue weighted by Crippen LogP contribution is 2.15. The van der Waals surface area contributed by atoms with Crippen LogP contribution in [0.25, 0.3) is 0 Å². The summed E-state index contributed by atoms with van der Waals surface area (Å²) in [5.41, 5.74) is 1.90. The number of carbonyl (C=O) groups excluding carboxylic acids is 1. The minimum Gasteiger partial charge on any atom is -0.369 e. The predicted octanol–water partition coefficient (Wildman–Crippen LogP) is 3.70. The van der Waals surface area contributed by atoms with Gasteiger partial charge in [-0.05, 0) is 31.2 Å². The molecule has 4 heteroatoms. The van der Waals surface area contributed by atoms with E-state index in [9.17, 15) is 4.79 Å². The zero-order chi connectivity index (χ0) is 18.1. The fraction of sp³-hybridized carbons (Fsp3) is 0.526. The molecule has 0 radical (unpaired) electrons. The Morgan fingerprint density at radius 1 is 1.13 bits per heavy atom. The van der Waals surface area contributed by atoms with E-state index in [0.717, 1.165) is 26.2 Å². The average Bonchev–Trinajstić information content (AvgIpc) is 2.66. The number of hydrogen-bond donors (Lipinski definition) is 2. The number of carbonyl (C=O) groups is 1. The lowest BCUT2D eigenvalue weighted by Gasteiger charge is -2.29. The Balaban J connectivity index is 0. The second-order valence-corrected chi connectivity index (χ2v) is 4.27. The van der Waals surface area contributed by atoms with Gasteiger partial charge in [-0.2, -0.15) is 0 Å². The number of allylic oxidation sites excluding steroid dienone is 1. The van der Waals surface area contributed by atoms with E-state index in [4.69, 9.17) is 0 Å². The van der Waals surface area contributed by atoms with Gasteiger partial charge in [0.2, 0.25) is 0 Å². The molecular weight excluding hydrogens is 286 g/mol. The van der Waals surface area contributed by atoms with Crippen molar-refractivity contribution in [1.29, 1.82) is 0 Å². The molecule has 0 aromatic heterocycles. The van der Waals surface area contributed by atoms with Crippen LogP contribution in [0.3, 0.4) is 0 Å². The van der Waals surface area contributed by atoms with Crippen LogP contribution in [-0.2, 0) is 0 Å². The number of hydrogen-bond acceptors (Lipinski definition) is 3. The molecule has 1 fully saturated rings. The first-order valence-corrected chi connectivity index (χ1v) is 8.57. The molecule has 1 amide bonds. The van der Waals surface area contributed by atoms with E-state index in [1.807, 2.05) is 58.9 Å². The van der Waals surface area contributed by atoms with E-state index < -0.39 is 0 Å². The zero-order valence-electron chi connectivity index (χ0n) is 15.8. The Bertz CT molecular complexity index is 396. The molecule has 0 saturated carbocycles. The van der Waals surface area contributed by atoms with E-state index in [0.29, 0.717) is 5.56 Å². The summed E-state index contributed by atoms with van der Waals surface area (Å²) in [5.74, 6) is -0.0353. The van der Waals surface area contributed by atoms with E-state index in [2.05, 4.69) is 22.1 Å². The van der Waals surface area contributed by atoms with Crippen molar-refractivity contribution in [3.05, 3.63) is 42.5 Å². The van der Waals surface area contributed by atoms with Crippen LogP contribution in [-0.4, -0.2) is 39.1 Å². The first-order valence-electron chi connectivity index (χ1n) is 8.57. The molecular formula is C19H35N3O. The SMILES string of the molecule is C=CC.CC.CC.CNC(=O)c1ccc(N2CCNCC2)cc1. The van der Waals surface area contributed by atoms with E-state index in [1.165, 1.54) is 5.69 Å². The Kier molecular flexibility index (Phi) is 16.9. The van der Waals surface area contributed by atoms with Gasteiger partial charge in [0, 0.05) is 44.5 Å². The van der Waals surface area contributed by atoms with Crippen molar-refractivity contribution in [3.63, 3.8) is 0 Å². The maximum Gasteiger partial charge on any atom is 0.251 e. The molecule has 0 aliphatic carbocycles. The Morgan fingerprint density at radius 2 is 1.57 bits per heavy atom. The van der Waals surface area contributed by atoms with Gasteiger partial charge in [-0.1, -0.05) is 33.8 Å². The van der Waals surface area contributed by atoms with Crippen molar-refractivity contribution in [2.75, 3.05) is 38.1 Å². The standard InChI is InChI=1S/C12H17N3O.C3H6.2C2H6/c1-13-12(16)10-2-4-11(5-3-10)15-8-6-14-7-9-15;1-3-2;2*1-2/h2-5,14H,6-9H2,1H3,(H,13,16);3H,1H2,2H3;2*1-2H3. The predicted molar refractivity (Wildman–Crippen MR) is 103 cm³/mol. The molecule has 0 spiro atoms. The maximum atomic E-state index is 11.4. The Hall–Kier alpha value is -1.81. The molecule has 1 aromatic rings. The molecule has 1 saturated heterocycles. The van der Waals surface area contributed by atoms with Crippen molar-refractivity contribution in [3.8, 4) is 0 Å². The summed E-state index contributed by atoms with van der Waals surface area (Å²) in [6, 6.07) is 7.76. The Morgan fingerprint density at radius 3 is 1.96 bits per heavy atom. The van der Waals surface area contributed by atoms with Crippen molar-refractivity contribution < 1.29 is 4.79 Å².